The Morgan fingerprint density at radius 3 is 2.88 bits per heavy atom. The fraction of sp³-hybridized carbons (Fsp3) is 0.923. The normalized spacial score (nSPS) is 34.9. The molecule has 0 aromatic carbocycles. The standard InChI is InChI=1S/C13H24N2O/c1-10-4-5-11(7-10)8-15-13(16)12-3-2-6-14-9-12/h10-12,14H,2-9H2,1H3,(H,15,16)/t10?,11?,12-/m1/s1. The number of hydrogen-bond acceptors (Lipinski definition) is 2. The molecule has 0 radical (unpaired) electrons. The van der Waals surface area contributed by atoms with Crippen molar-refractivity contribution in [3.63, 3.8) is 0 Å². The van der Waals surface area contributed by atoms with Gasteiger partial charge < -0.3 is 10.6 Å². The topological polar surface area (TPSA) is 41.1 Å². The second kappa shape index (κ2) is 5.67. The van der Waals surface area contributed by atoms with Gasteiger partial charge in [-0.2, -0.15) is 0 Å². The molecule has 0 aromatic rings. The van der Waals surface area contributed by atoms with Crippen LogP contribution in [0.15, 0.2) is 0 Å². The van der Waals surface area contributed by atoms with Crippen LogP contribution in [0.3, 0.4) is 0 Å². The van der Waals surface area contributed by atoms with E-state index in [1.165, 1.54) is 19.3 Å². The molecule has 2 fully saturated rings. The summed E-state index contributed by atoms with van der Waals surface area (Å²) in [4.78, 5) is 11.9. The van der Waals surface area contributed by atoms with Gasteiger partial charge in [0.15, 0.2) is 0 Å². The van der Waals surface area contributed by atoms with E-state index in [0.29, 0.717) is 0 Å². The van der Waals surface area contributed by atoms with E-state index in [1.54, 1.807) is 0 Å². The highest BCUT2D eigenvalue weighted by Crippen LogP contribution is 2.29. The summed E-state index contributed by atoms with van der Waals surface area (Å²) in [6, 6.07) is 0. The lowest BCUT2D eigenvalue weighted by Gasteiger charge is -2.22. The Balaban J connectivity index is 1.66. The molecule has 2 rings (SSSR count). The van der Waals surface area contributed by atoms with Crippen LogP contribution in [0.2, 0.25) is 0 Å². The van der Waals surface area contributed by atoms with E-state index >= 15 is 0 Å². The predicted octanol–water partition coefficient (Wildman–Crippen LogP) is 1.54. The van der Waals surface area contributed by atoms with Crippen molar-refractivity contribution < 1.29 is 4.79 Å². The number of amides is 1. The van der Waals surface area contributed by atoms with Crippen LogP contribution >= 0.6 is 0 Å². The summed E-state index contributed by atoms with van der Waals surface area (Å²) in [6.45, 7) is 5.16. The minimum atomic E-state index is 0.215. The zero-order valence-corrected chi connectivity index (χ0v) is 10.3. The van der Waals surface area contributed by atoms with Gasteiger partial charge in [-0.05, 0) is 44.1 Å². The summed E-state index contributed by atoms with van der Waals surface area (Å²) in [5.41, 5.74) is 0. The third kappa shape index (κ3) is 3.21. The Morgan fingerprint density at radius 1 is 1.38 bits per heavy atom. The van der Waals surface area contributed by atoms with Gasteiger partial charge in [0, 0.05) is 13.1 Å². The molecule has 1 saturated heterocycles. The lowest BCUT2D eigenvalue weighted by molar-refractivity contribution is -0.125. The highest BCUT2D eigenvalue weighted by Gasteiger charge is 2.24. The minimum Gasteiger partial charge on any atom is -0.356 e. The SMILES string of the molecule is CC1CCC(CNC(=O)[C@@H]2CCCNC2)C1. The summed E-state index contributed by atoms with van der Waals surface area (Å²) in [5, 5.41) is 6.43. The number of nitrogens with one attached hydrogen (secondary N) is 2. The zero-order chi connectivity index (χ0) is 11.4. The Labute approximate surface area is 98.4 Å². The van der Waals surface area contributed by atoms with E-state index in [9.17, 15) is 4.79 Å². The van der Waals surface area contributed by atoms with E-state index in [0.717, 1.165) is 44.3 Å². The lowest BCUT2D eigenvalue weighted by atomic mass is 9.98. The van der Waals surface area contributed by atoms with E-state index in [2.05, 4.69) is 17.6 Å². The molecule has 3 atom stereocenters. The molecule has 2 N–H and O–H groups in total. The van der Waals surface area contributed by atoms with Crippen molar-refractivity contribution in [1.82, 2.24) is 10.6 Å². The zero-order valence-electron chi connectivity index (χ0n) is 10.3. The highest BCUT2D eigenvalue weighted by molar-refractivity contribution is 5.78. The number of carbonyl (C=O) groups excluding carboxylic acids is 1. The summed E-state index contributed by atoms with van der Waals surface area (Å²) >= 11 is 0. The second-order valence-electron chi connectivity index (χ2n) is 5.57. The predicted molar refractivity (Wildman–Crippen MR) is 65.1 cm³/mol. The summed E-state index contributed by atoms with van der Waals surface area (Å²) in [7, 11) is 0. The molecule has 1 saturated carbocycles. The van der Waals surface area contributed by atoms with Gasteiger partial charge in [-0.1, -0.05) is 13.3 Å². The molecule has 0 spiro atoms. The maximum absolute atomic E-state index is 11.9. The average molecular weight is 224 g/mol. The van der Waals surface area contributed by atoms with Crippen molar-refractivity contribution >= 4 is 5.91 Å². The van der Waals surface area contributed by atoms with Crippen molar-refractivity contribution in [1.29, 1.82) is 0 Å². The Kier molecular flexibility index (Phi) is 4.22. The average Bonchev–Trinajstić information content (AvgIpc) is 2.73. The molecule has 1 heterocycles. The van der Waals surface area contributed by atoms with Crippen molar-refractivity contribution in [3.8, 4) is 0 Å². The summed E-state index contributed by atoms with van der Waals surface area (Å²) < 4.78 is 0. The number of piperidine rings is 1. The number of carbonyl (C=O) groups is 1. The molecule has 0 aromatic heterocycles. The summed E-state index contributed by atoms with van der Waals surface area (Å²) in [5.74, 6) is 2.08. The smallest absolute Gasteiger partial charge is 0.224 e. The van der Waals surface area contributed by atoms with Crippen LogP contribution in [0.5, 0.6) is 0 Å². The molecule has 2 unspecified atom stereocenters. The van der Waals surface area contributed by atoms with Gasteiger partial charge in [0.1, 0.15) is 0 Å². The number of hydrogen-bond donors (Lipinski definition) is 2. The van der Waals surface area contributed by atoms with E-state index in [4.69, 9.17) is 0 Å². The number of rotatable bonds is 3. The van der Waals surface area contributed by atoms with Crippen molar-refractivity contribution in [2.24, 2.45) is 17.8 Å². The quantitative estimate of drug-likeness (QED) is 0.763. The monoisotopic (exact) mass is 224 g/mol. The van der Waals surface area contributed by atoms with E-state index in [1.807, 2.05) is 0 Å². The maximum atomic E-state index is 11.9. The van der Waals surface area contributed by atoms with Gasteiger partial charge in [-0.25, -0.2) is 0 Å². The van der Waals surface area contributed by atoms with Gasteiger partial charge in [0.2, 0.25) is 5.91 Å². The Bertz CT molecular complexity index is 236. The van der Waals surface area contributed by atoms with Crippen LogP contribution in [0.1, 0.15) is 39.0 Å². The van der Waals surface area contributed by atoms with Gasteiger partial charge in [-0.15, -0.1) is 0 Å². The molecule has 3 heteroatoms. The minimum absolute atomic E-state index is 0.215. The van der Waals surface area contributed by atoms with Crippen LogP contribution in [0.4, 0.5) is 0 Å². The van der Waals surface area contributed by atoms with Gasteiger partial charge in [0.25, 0.3) is 0 Å². The fourth-order valence-electron chi connectivity index (χ4n) is 2.98. The van der Waals surface area contributed by atoms with Gasteiger partial charge in [0.05, 0.1) is 5.92 Å². The molecular formula is C13H24N2O. The Hall–Kier alpha value is -0.570. The molecule has 1 aliphatic carbocycles. The van der Waals surface area contributed by atoms with Crippen LogP contribution < -0.4 is 10.6 Å². The van der Waals surface area contributed by atoms with Crippen LogP contribution in [0.25, 0.3) is 0 Å². The van der Waals surface area contributed by atoms with Crippen molar-refractivity contribution in [2.45, 2.75) is 39.0 Å². The fourth-order valence-corrected chi connectivity index (χ4v) is 2.98. The van der Waals surface area contributed by atoms with Crippen LogP contribution in [-0.4, -0.2) is 25.5 Å². The first-order chi connectivity index (χ1) is 7.75. The van der Waals surface area contributed by atoms with E-state index < -0.39 is 0 Å². The molecule has 1 aliphatic heterocycles. The summed E-state index contributed by atoms with van der Waals surface area (Å²) in [6.07, 6.45) is 6.12. The third-order valence-electron chi connectivity index (χ3n) is 4.04. The molecule has 1 amide bonds. The molecule has 3 nitrogen and oxygen atoms in total. The van der Waals surface area contributed by atoms with E-state index in [-0.39, 0.29) is 11.8 Å². The molecular weight excluding hydrogens is 200 g/mol. The first kappa shape index (κ1) is 11.9. The van der Waals surface area contributed by atoms with Crippen molar-refractivity contribution in [3.05, 3.63) is 0 Å². The second-order valence-corrected chi connectivity index (χ2v) is 5.57. The van der Waals surface area contributed by atoms with Crippen LogP contribution in [-0.2, 0) is 4.79 Å². The third-order valence-corrected chi connectivity index (χ3v) is 4.04. The first-order valence-corrected chi connectivity index (χ1v) is 6.74. The largest absolute Gasteiger partial charge is 0.356 e. The molecule has 2 aliphatic rings. The van der Waals surface area contributed by atoms with Crippen LogP contribution in [0, 0.1) is 17.8 Å². The van der Waals surface area contributed by atoms with Gasteiger partial charge in [-0.3, -0.25) is 4.79 Å². The maximum Gasteiger partial charge on any atom is 0.224 e. The molecule has 92 valence electrons. The lowest BCUT2D eigenvalue weighted by Crippen LogP contribution is -2.41. The van der Waals surface area contributed by atoms with Crippen molar-refractivity contribution in [2.75, 3.05) is 19.6 Å². The molecule has 0 bridgehead atoms. The highest BCUT2D eigenvalue weighted by atomic mass is 16.1. The first-order valence-electron chi connectivity index (χ1n) is 6.74. The Morgan fingerprint density at radius 2 is 2.25 bits per heavy atom. The molecule has 16 heavy (non-hydrogen) atoms. The van der Waals surface area contributed by atoms with Gasteiger partial charge >= 0.3 is 0 Å².